The Morgan fingerprint density at radius 3 is 2.10 bits per heavy atom. The summed E-state index contributed by atoms with van der Waals surface area (Å²) >= 11 is 0. The second-order valence-electron chi connectivity index (χ2n) is 10.8. The van der Waals surface area contributed by atoms with E-state index in [1.165, 1.54) is 83.5 Å². The lowest BCUT2D eigenvalue weighted by atomic mass is 9.52. The molecule has 0 N–H and O–H groups in total. The molecule has 2 aliphatic rings. The first-order valence-electron chi connectivity index (χ1n) is 13.2. The van der Waals surface area contributed by atoms with Crippen LogP contribution in [0.1, 0.15) is 123 Å². The molecule has 0 bridgehead atoms. The molecule has 3 unspecified atom stereocenters. The molecule has 1 aromatic rings. The van der Waals surface area contributed by atoms with Gasteiger partial charge in [-0.3, -0.25) is 0 Å². The second-order valence-corrected chi connectivity index (χ2v) is 10.8. The molecule has 1 aromatic carbocycles. The van der Waals surface area contributed by atoms with Crippen LogP contribution in [-0.2, 0) is 0 Å². The highest BCUT2D eigenvalue weighted by atomic mass is 14.5. The molecule has 29 heavy (non-hydrogen) atoms. The van der Waals surface area contributed by atoms with E-state index in [0.717, 1.165) is 29.6 Å². The van der Waals surface area contributed by atoms with E-state index in [1.807, 2.05) is 0 Å². The van der Waals surface area contributed by atoms with Crippen LogP contribution in [0.3, 0.4) is 0 Å². The van der Waals surface area contributed by atoms with E-state index in [9.17, 15) is 0 Å². The Morgan fingerprint density at radius 1 is 0.862 bits per heavy atom. The van der Waals surface area contributed by atoms with Gasteiger partial charge >= 0.3 is 0 Å². The fourth-order valence-electron chi connectivity index (χ4n) is 7.40. The molecular formula is C29H48. The van der Waals surface area contributed by atoms with Crippen molar-refractivity contribution in [2.24, 2.45) is 29.1 Å². The predicted molar refractivity (Wildman–Crippen MR) is 128 cm³/mol. The van der Waals surface area contributed by atoms with Crippen molar-refractivity contribution in [3.63, 3.8) is 0 Å². The van der Waals surface area contributed by atoms with Crippen molar-refractivity contribution >= 4 is 0 Å². The molecule has 0 aliphatic heterocycles. The highest BCUT2D eigenvalue weighted by Crippen LogP contribution is 2.57. The molecule has 0 heterocycles. The zero-order chi connectivity index (χ0) is 20.7. The Hall–Kier alpha value is -0.780. The molecule has 0 saturated heterocycles. The third-order valence-electron chi connectivity index (χ3n) is 9.29. The average Bonchev–Trinajstić information content (AvgIpc) is 2.78. The summed E-state index contributed by atoms with van der Waals surface area (Å²) < 4.78 is 0. The summed E-state index contributed by atoms with van der Waals surface area (Å²) in [6.45, 7) is 10.2. The van der Waals surface area contributed by atoms with Crippen molar-refractivity contribution in [3.05, 3.63) is 35.9 Å². The van der Waals surface area contributed by atoms with E-state index in [-0.39, 0.29) is 0 Å². The molecular weight excluding hydrogens is 348 g/mol. The van der Waals surface area contributed by atoms with Crippen molar-refractivity contribution < 1.29 is 0 Å². The Bertz CT molecular complexity index is 561. The minimum Gasteiger partial charge on any atom is -0.0654 e. The molecule has 0 amide bonds. The summed E-state index contributed by atoms with van der Waals surface area (Å²) in [5, 5.41) is 0. The summed E-state index contributed by atoms with van der Waals surface area (Å²) in [4.78, 5) is 0. The van der Waals surface area contributed by atoms with Gasteiger partial charge in [0.15, 0.2) is 0 Å². The van der Waals surface area contributed by atoms with Gasteiger partial charge in [-0.2, -0.15) is 0 Å². The van der Waals surface area contributed by atoms with Crippen molar-refractivity contribution in [1.29, 1.82) is 0 Å². The third-order valence-corrected chi connectivity index (χ3v) is 9.29. The molecule has 164 valence electrons. The number of benzene rings is 1. The van der Waals surface area contributed by atoms with E-state index < -0.39 is 0 Å². The van der Waals surface area contributed by atoms with Crippen LogP contribution in [0.4, 0.5) is 0 Å². The van der Waals surface area contributed by atoms with E-state index in [2.05, 4.69) is 58.0 Å². The van der Waals surface area contributed by atoms with Crippen molar-refractivity contribution in [2.45, 2.75) is 117 Å². The topological polar surface area (TPSA) is 0 Å². The fourth-order valence-corrected chi connectivity index (χ4v) is 7.40. The molecule has 0 heteroatoms. The normalized spacial score (nSPS) is 27.9. The largest absolute Gasteiger partial charge is 0.0654 e. The zero-order valence-corrected chi connectivity index (χ0v) is 20.0. The summed E-state index contributed by atoms with van der Waals surface area (Å²) in [6, 6.07) is 11.6. The third kappa shape index (κ3) is 5.29. The Kier molecular flexibility index (Phi) is 8.70. The Labute approximate surface area is 182 Å². The van der Waals surface area contributed by atoms with Crippen LogP contribution in [0, 0.1) is 29.1 Å². The Balaban J connectivity index is 1.88. The second kappa shape index (κ2) is 11.0. The quantitative estimate of drug-likeness (QED) is 0.390. The molecule has 2 aliphatic carbocycles. The van der Waals surface area contributed by atoms with E-state index in [4.69, 9.17) is 0 Å². The van der Waals surface area contributed by atoms with Gasteiger partial charge in [-0.05, 0) is 72.7 Å². The lowest BCUT2D eigenvalue weighted by molar-refractivity contribution is -0.00652. The first-order valence-corrected chi connectivity index (χ1v) is 13.2. The molecule has 0 radical (unpaired) electrons. The molecule has 0 aromatic heterocycles. The fraction of sp³-hybridized carbons (Fsp3) is 0.793. The van der Waals surface area contributed by atoms with Crippen LogP contribution in [0.15, 0.2) is 30.3 Å². The monoisotopic (exact) mass is 396 g/mol. The molecule has 2 saturated carbocycles. The maximum atomic E-state index is 2.74. The van der Waals surface area contributed by atoms with Gasteiger partial charge in [0.2, 0.25) is 0 Å². The van der Waals surface area contributed by atoms with E-state index >= 15 is 0 Å². The average molecular weight is 397 g/mol. The van der Waals surface area contributed by atoms with Crippen molar-refractivity contribution in [1.82, 2.24) is 0 Å². The minimum absolute atomic E-state index is 0.444. The smallest absolute Gasteiger partial charge is 0.0103 e. The first kappa shape index (κ1) is 22.9. The van der Waals surface area contributed by atoms with Crippen molar-refractivity contribution in [2.75, 3.05) is 0 Å². The van der Waals surface area contributed by atoms with Crippen LogP contribution in [0.25, 0.3) is 0 Å². The van der Waals surface area contributed by atoms with Gasteiger partial charge in [0.1, 0.15) is 0 Å². The number of rotatable bonds is 9. The lowest BCUT2D eigenvalue weighted by Crippen LogP contribution is -2.44. The summed E-state index contributed by atoms with van der Waals surface area (Å²) in [7, 11) is 0. The molecule has 3 rings (SSSR count). The molecule has 0 nitrogen and oxygen atoms in total. The molecule has 2 fully saturated rings. The van der Waals surface area contributed by atoms with Gasteiger partial charge in [-0.25, -0.2) is 0 Å². The van der Waals surface area contributed by atoms with E-state index in [0.29, 0.717) is 5.41 Å². The SMILES string of the molecule is CCCC1CCC(C(C)C(C)(C2CCCCC2)C(CCC)c2ccccc2)CC1. The van der Waals surface area contributed by atoms with Crippen LogP contribution < -0.4 is 0 Å². The highest BCUT2D eigenvalue weighted by molar-refractivity contribution is 5.23. The number of hydrogen-bond acceptors (Lipinski definition) is 0. The number of hydrogen-bond donors (Lipinski definition) is 0. The van der Waals surface area contributed by atoms with Gasteiger partial charge in [0.25, 0.3) is 0 Å². The maximum Gasteiger partial charge on any atom is -0.0103 e. The summed E-state index contributed by atoms with van der Waals surface area (Å²) in [6.07, 6.45) is 18.8. The summed E-state index contributed by atoms with van der Waals surface area (Å²) in [5.41, 5.74) is 2.06. The lowest BCUT2D eigenvalue weighted by Gasteiger charge is -2.53. The Morgan fingerprint density at radius 2 is 1.52 bits per heavy atom. The molecule has 3 atom stereocenters. The highest BCUT2D eigenvalue weighted by Gasteiger charge is 2.48. The van der Waals surface area contributed by atoms with Crippen LogP contribution in [0.2, 0.25) is 0 Å². The minimum atomic E-state index is 0.444. The standard InChI is InChI=1S/C29H48/c1-5-13-24-19-21-25(22-20-24)23(3)29(4,27-17-11-8-12-18-27)28(14-6-2)26-15-9-7-10-16-26/h7,9-10,15-16,23-25,27-28H,5-6,8,11-14,17-22H2,1-4H3. The van der Waals surface area contributed by atoms with Gasteiger partial charge in [-0.15, -0.1) is 0 Å². The molecule has 0 spiro atoms. The van der Waals surface area contributed by atoms with Gasteiger partial charge < -0.3 is 0 Å². The van der Waals surface area contributed by atoms with Gasteiger partial charge in [0, 0.05) is 0 Å². The maximum absolute atomic E-state index is 2.74. The van der Waals surface area contributed by atoms with Crippen molar-refractivity contribution in [3.8, 4) is 0 Å². The van der Waals surface area contributed by atoms with Crippen LogP contribution in [-0.4, -0.2) is 0 Å². The first-order chi connectivity index (χ1) is 14.1. The van der Waals surface area contributed by atoms with Gasteiger partial charge in [0.05, 0.1) is 0 Å². The van der Waals surface area contributed by atoms with Crippen LogP contribution >= 0.6 is 0 Å². The van der Waals surface area contributed by atoms with Gasteiger partial charge in [-0.1, -0.05) is 109 Å². The predicted octanol–water partition coefficient (Wildman–Crippen LogP) is 9.40. The van der Waals surface area contributed by atoms with Crippen LogP contribution in [0.5, 0.6) is 0 Å². The summed E-state index contributed by atoms with van der Waals surface area (Å²) in [5.74, 6) is 4.43. The van der Waals surface area contributed by atoms with E-state index in [1.54, 1.807) is 5.56 Å². The zero-order valence-electron chi connectivity index (χ0n) is 20.0.